The minimum absolute atomic E-state index is 0.0761. The predicted octanol–water partition coefficient (Wildman–Crippen LogP) is 2.39. The third-order valence-electron chi connectivity index (χ3n) is 6.62. The number of oxazole rings is 1. The van der Waals surface area contributed by atoms with Crippen molar-refractivity contribution in [2.75, 3.05) is 6.61 Å². The molecular weight excluding hydrogens is 556 g/mol. The molecule has 43 heavy (non-hydrogen) atoms. The van der Waals surface area contributed by atoms with Crippen molar-refractivity contribution in [1.82, 2.24) is 30.5 Å². The Bertz CT molecular complexity index is 1760. The van der Waals surface area contributed by atoms with E-state index in [4.69, 9.17) is 9.15 Å². The van der Waals surface area contributed by atoms with Gasteiger partial charge in [0.25, 0.3) is 11.8 Å². The van der Waals surface area contributed by atoms with E-state index in [1.807, 2.05) is 42.5 Å². The van der Waals surface area contributed by atoms with E-state index in [-0.39, 0.29) is 31.2 Å². The summed E-state index contributed by atoms with van der Waals surface area (Å²) in [5.74, 6) is -2.15. The van der Waals surface area contributed by atoms with Crippen molar-refractivity contribution in [3.05, 3.63) is 112 Å². The summed E-state index contributed by atoms with van der Waals surface area (Å²) in [5, 5.41) is 31.9. The van der Waals surface area contributed by atoms with Crippen LogP contribution in [0.1, 0.15) is 34.5 Å². The Kier molecular flexibility index (Phi) is 8.72. The summed E-state index contributed by atoms with van der Waals surface area (Å²) in [5.41, 5.74) is 3.27. The number of aliphatic carboxylic acids is 1. The number of carboxylic acid groups (broad SMARTS) is 1. The van der Waals surface area contributed by atoms with Crippen LogP contribution in [0.15, 0.2) is 88.1 Å². The lowest BCUT2D eigenvalue weighted by atomic mass is 10.0. The first-order valence-electron chi connectivity index (χ1n) is 13.4. The number of aliphatic hydroxyl groups excluding tert-OH is 1. The lowest BCUT2D eigenvalue weighted by Gasteiger charge is -2.20. The quantitative estimate of drug-likeness (QED) is 0.170. The summed E-state index contributed by atoms with van der Waals surface area (Å²) < 4.78 is 12.6. The smallest absolute Gasteiger partial charge is 0.365 e. The van der Waals surface area contributed by atoms with E-state index in [0.29, 0.717) is 11.4 Å². The van der Waals surface area contributed by atoms with Crippen molar-refractivity contribution in [3.63, 3.8) is 0 Å². The van der Waals surface area contributed by atoms with Gasteiger partial charge in [0.15, 0.2) is 11.9 Å². The first-order chi connectivity index (χ1) is 20.8. The highest BCUT2D eigenvalue weighted by Crippen LogP contribution is 2.28. The van der Waals surface area contributed by atoms with Gasteiger partial charge in [-0.3, -0.25) is 4.79 Å². The highest BCUT2D eigenvalue weighted by atomic mass is 16.5. The number of carbonyl (C=O) groups excluding carboxylic acids is 1. The first-order valence-corrected chi connectivity index (χ1v) is 13.4. The molecule has 4 N–H and O–H groups in total. The van der Waals surface area contributed by atoms with Gasteiger partial charge in [-0.05, 0) is 46.5 Å². The maximum absolute atomic E-state index is 13.1. The van der Waals surface area contributed by atoms with Gasteiger partial charge in [0.2, 0.25) is 0 Å². The Balaban J connectivity index is 1.35. The van der Waals surface area contributed by atoms with Gasteiger partial charge in [-0.15, -0.1) is 0 Å². The van der Waals surface area contributed by atoms with Gasteiger partial charge < -0.3 is 24.7 Å². The molecule has 2 heterocycles. The van der Waals surface area contributed by atoms with Crippen LogP contribution >= 0.6 is 0 Å². The molecule has 0 aliphatic heterocycles. The van der Waals surface area contributed by atoms with E-state index in [1.54, 1.807) is 43.3 Å². The molecule has 0 fully saturated rings. The Labute approximate surface area is 244 Å². The van der Waals surface area contributed by atoms with Gasteiger partial charge in [0, 0.05) is 12.0 Å². The van der Waals surface area contributed by atoms with Crippen LogP contribution in [0.25, 0.3) is 16.8 Å². The number of aromatic amines is 1. The van der Waals surface area contributed by atoms with Gasteiger partial charge in [-0.25, -0.2) is 14.7 Å². The molecule has 2 atom stereocenters. The molecule has 2 unspecified atom stereocenters. The van der Waals surface area contributed by atoms with E-state index >= 15 is 0 Å². The zero-order valence-corrected chi connectivity index (χ0v) is 23.0. The maximum Gasteiger partial charge on any atom is 0.365 e. The molecule has 0 radical (unpaired) electrons. The fourth-order valence-electron chi connectivity index (χ4n) is 4.55. The number of benzene rings is 3. The third-order valence-corrected chi connectivity index (χ3v) is 6.62. The van der Waals surface area contributed by atoms with Crippen LogP contribution < -0.4 is 15.7 Å². The zero-order valence-electron chi connectivity index (χ0n) is 23.0. The van der Waals surface area contributed by atoms with Gasteiger partial charge in [-0.1, -0.05) is 72.8 Å². The second-order valence-corrected chi connectivity index (χ2v) is 9.54. The number of tetrazole rings is 1. The van der Waals surface area contributed by atoms with Crippen molar-refractivity contribution in [1.29, 1.82) is 0 Å². The minimum atomic E-state index is -1.85. The second-order valence-electron chi connectivity index (χ2n) is 9.54. The Morgan fingerprint density at radius 3 is 2.42 bits per heavy atom. The minimum Gasteiger partial charge on any atom is -0.479 e. The Hall–Kier alpha value is -5.56. The summed E-state index contributed by atoms with van der Waals surface area (Å²) in [6.45, 7) is 2.04. The number of carboxylic acids is 1. The number of amides is 1. The molecule has 1 amide bonds. The number of nitrogens with one attached hydrogen (secondary N) is 2. The lowest BCUT2D eigenvalue weighted by molar-refractivity contribution is -0.148. The molecule has 2 aromatic heterocycles. The molecule has 0 aliphatic carbocycles. The topological polar surface area (TPSA) is 185 Å². The van der Waals surface area contributed by atoms with Crippen LogP contribution in [-0.2, 0) is 17.6 Å². The van der Waals surface area contributed by atoms with Crippen molar-refractivity contribution in [2.24, 2.45) is 0 Å². The van der Waals surface area contributed by atoms with E-state index in [0.717, 1.165) is 22.3 Å². The standard InChI is InChI=1S/C30H28N6O7/c1-2-42-27-24(43-28(32-27)26(38)31-22(25(37)29(39)40)16-18-8-4-3-5-9-18)17-19-12-14-20(15-13-19)21-10-6-7-11-23(21)36-30(41)33-34-35-36/h3-15,22,25,37H,2,16-17H2,1H3,(H,31,38)(H,39,40)(H,33,35,41). The average molecular weight is 585 g/mol. The van der Waals surface area contributed by atoms with E-state index in [2.05, 4.69) is 25.8 Å². The fraction of sp³-hybridized carbons (Fsp3) is 0.200. The van der Waals surface area contributed by atoms with Crippen LogP contribution in [0, 0.1) is 0 Å². The maximum atomic E-state index is 13.1. The molecule has 220 valence electrons. The molecule has 0 bridgehead atoms. The normalized spacial score (nSPS) is 12.4. The van der Waals surface area contributed by atoms with Gasteiger partial charge in [0.05, 0.1) is 18.3 Å². The van der Waals surface area contributed by atoms with Crippen LogP contribution in [0.2, 0.25) is 0 Å². The molecule has 0 aliphatic rings. The van der Waals surface area contributed by atoms with E-state index < -0.39 is 29.7 Å². The number of nitrogens with zero attached hydrogens (tertiary/aromatic N) is 4. The molecule has 13 heteroatoms. The molecule has 0 spiro atoms. The van der Waals surface area contributed by atoms with E-state index in [1.165, 1.54) is 4.68 Å². The van der Waals surface area contributed by atoms with Crippen LogP contribution in [-0.4, -0.2) is 66.0 Å². The molecule has 5 rings (SSSR count). The fourth-order valence-corrected chi connectivity index (χ4v) is 4.55. The number of aromatic nitrogens is 5. The van der Waals surface area contributed by atoms with Crippen LogP contribution in [0.5, 0.6) is 5.88 Å². The molecule has 3 aromatic carbocycles. The molecular formula is C30H28N6O7. The average Bonchev–Trinajstić information content (AvgIpc) is 3.63. The highest BCUT2D eigenvalue weighted by Gasteiger charge is 2.30. The van der Waals surface area contributed by atoms with Crippen molar-refractivity contribution in [3.8, 4) is 22.7 Å². The Morgan fingerprint density at radius 1 is 1.02 bits per heavy atom. The van der Waals surface area contributed by atoms with Crippen molar-refractivity contribution in [2.45, 2.75) is 31.9 Å². The molecule has 0 saturated heterocycles. The number of rotatable bonds is 12. The number of para-hydroxylation sites is 1. The van der Waals surface area contributed by atoms with Crippen LogP contribution in [0.3, 0.4) is 0 Å². The molecule has 13 nitrogen and oxygen atoms in total. The monoisotopic (exact) mass is 584 g/mol. The van der Waals surface area contributed by atoms with Crippen LogP contribution in [0.4, 0.5) is 0 Å². The van der Waals surface area contributed by atoms with Gasteiger partial charge in [0.1, 0.15) is 0 Å². The number of H-pyrrole nitrogens is 1. The molecule has 0 saturated carbocycles. The number of hydrogen-bond acceptors (Lipinski definition) is 9. The summed E-state index contributed by atoms with van der Waals surface area (Å²) in [6.07, 6.45) is -1.53. The SMILES string of the molecule is CCOc1nc(C(=O)NC(Cc2ccccc2)C(O)C(=O)O)oc1Cc1ccc(-c2ccccc2-n2nn[nH]c2=O)cc1. The Morgan fingerprint density at radius 2 is 1.74 bits per heavy atom. The summed E-state index contributed by atoms with van der Waals surface area (Å²) in [6, 6.07) is 22.5. The number of carbonyl (C=O) groups is 2. The van der Waals surface area contributed by atoms with Crippen molar-refractivity contribution >= 4 is 11.9 Å². The lowest BCUT2D eigenvalue weighted by Crippen LogP contribution is -2.48. The zero-order chi connectivity index (χ0) is 30.3. The summed E-state index contributed by atoms with van der Waals surface area (Å²) in [7, 11) is 0. The first kappa shape index (κ1) is 29.0. The summed E-state index contributed by atoms with van der Waals surface area (Å²) in [4.78, 5) is 40.9. The predicted molar refractivity (Wildman–Crippen MR) is 153 cm³/mol. The largest absolute Gasteiger partial charge is 0.479 e. The molecule has 5 aromatic rings. The summed E-state index contributed by atoms with van der Waals surface area (Å²) >= 11 is 0. The number of hydrogen-bond donors (Lipinski definition) is 4. The number of aliphatic hydroxyl groups is 1. The van der Waals surface area contributed by atoms with Gasteiger partial charge in [-0.2, -0.15) is 9.67 Å². The number of ether oxygens (including phenoxy) is 1. The highest BCUT2D eigenvalue weighted by molar-refractivity contribution is 5.90. The van der Waals surface area contributed by atoms with E-state index in [9.17, 15) is 24.6 Å². The third kappa shape index (κ3) is 6.68. The van der Waals surface area contributed by atoms with Crippen molar-refractivity contribution < 1.29 is 29.0 Å². The second kappa shape index (κ2) is 13.0. The van der Waals surface area contributed by atoms with Gasteiger partial charge >= 0.3 is 17.6 Å².